The second-order valence-corrected chi connectivity index (χ2v) is 6.57. The van der Waals surface area contributed by atoms with E-state index in [0.29, 0.717) is 5.92 Å². The van der Waals surface area contributed by atoms with Gasteiger partial charge in [0.1, 0.15) is 0 Å². The van der Waals surface area contributed by atoms with E-state index in [9.17, 15) is 0 Å². The van der Waals surface area contributed by atoms with Crippen LogP contribution in [0.3, 0.4) is 0 Å². The highest BCUT2D eigenvalue weighted by atomic mass is 15.0. The number of fused-ring (bicyclic) bond motifs is 3. The van der Waals surface area contributed by atoms with Crippen LogP contribution in [0.15, 0.2) is 24.3 Å². The van der Waals surface area contributed by atoms with Crippen LogP contribution < -0.4 is 5.32 Å². The van der Waals surface area contributed by atoms with Crippen LogP contribution in [-0.2, 0) is 12.0 Å². The summed E-state index contributed by atoms with van der Waals surface area (Å²) in [5, 5.41) is 10.1. The van der Waals surface area contributed by atoms with Crippen molar-refractivity contribution in [1.29, 1.82) is 0 Å². The summed E-state index contributed by atoms with van der Waals surface area (Å²) in [7, 11) is 2.12. The number of rotatable bonds is 1. The Labute approximate surface area is 110 Å². The van der Waals surface area contributed by atoms with Crippen LogP contribution in [-0.4, -0.2) is 7.05 Å². The Kier molecular flexibility index (Phi) is 0.872. The Morgan fingerprint density at radius 2 is 1.79 bits per heavy atom. The second kappa shape index (κ2) is 1.99. The zero-order chi connectivity index (χ0) is 12.1. The SMILES string of the molecule is CNC12Cc3ccc4c5c6c7c(ccc1c7c2c35)C46. The van der Waals surface area contributed by atoms with Gasteiger partial charge < -0.3 is 5.32 Å². The van der Waals surface area contributed by atoms with Crippen molar-refractivity contribution in [2.75, 3.05) is 7.05 Å². The Morgan fingerprint density at radius 1 is 1.00 bits per heavy atom. The van der Waals surface area contributed by atoms with Gasteiger partial charge in [0.15, 0.2) is 0 Å². The first-order chi connectivity index (χ1) is 9.37. The van der Waals surface area contributed by atoms with Crippen molar-refractivity contribution >= 4 is 21.5 Å². The highest BCUT2D eigenvalue weighted by molar-refractivity contribution is 6.24. The predicted molar refractivity (Wildman–Crippen MR) is 75.9 cm³/mol. The van der Waals surface area contributed by atoms with Crippen molar-refractivity contribution < 1.29 is 0 Å². The molecule has 7 rings (SSSR count). The van der Waals surface area contributed by atoms with Crippen molar-refractivity contribution in [2.24, 2.45) is 0 Å². The Hall–Kier alpha value is -1.86. The molecule has 0 spiro atoms. The summed E-state index contributed by atoms with van der Waals surface area (Å²) in [6.07, 6.45) is 1.14. The first-order valence-electron chi connectivity index (χ1n) is 7.14. The molecule has 3 aromatic rings. The smallest absolute Gasteiger partial charge is 0.0747 e. The molecule has 88 valence electrons. The maximum absolute atomic E-state index is 3.64. The first-order valence-corrected chi connectivity index (χ1v) is 7.14. The molecule has 0 aromatic heterocycles. The maximum Gasteiger partial charge on any atom is 0.0747 e. The average molecular weight is 241 g/mol. The Balaban J connectivity index is 1.93. The zero-order valence-electron chi connectivity index (χ0n) is 10.6. The standard InChI is InChI=1S/C18H11N/c1-19-18-6-7-2-3-8-12-9-4-5-10(18)15-14(9)16(12)13(8)11(7)17(15)18/h2-5,12,19H,6H2,1H3. The molecule has 0 amide bonds. The normalized spacial score (nSPS) is 29.0. The van der Waals surface area contributed by atoms with E-state index >= 15 is 0 Å². The molecule has 2 unspecified atom stereocenters. The molecule has 0 aliphatic heterocycles. The zero-order valence-corrected chi connectivity index (χ0v) is 10.6. The van der Waals surface area contributed by atoms with E-state index in [4.69, 9.17) is 0 Å². The molecule has 1 nitrogen and oxygen atoms in total. The first kappa shape index (κ1) is 8.34. The van der Waals surface area contributed by atoms with Crippen molar-refractivity contribution in [3.05, 3.63) is 57.6 Å². The van der Waals surface area contributed by atoms with Crippen LogP contribution >= 0.6 is 0 Å². The van der Waals surface area contributed by atoms with E-state index in [1.54, 1.807) is 54.9 Å². The van der Waals surface area contributed by atoms with Crippen molar-refractivity contribution in [2.45, 2.75) is 17.9 Å². The molecule has 1 N–H and O–H groups in total. The third-order valence-electron chi connectivity index (χ3n) is 6.28. The van der Waals surface area contributed by atoms with Gasteiger partial charge in [-0.1, -0.05) is 24.3 Å². The number of nitrogens with one attached hydrogen (secondary N) is 1. The number of hydrogen-bond donors (Lipinski definition) is 1. The van der Waals surface area contributed by atoms with Crippen molar-refractivity contribution in [3.8, 4) is 0 Å². The molecule has 0 fully saturated rings. The molecular weight excluding hydrogens is 230 g/mol. The molecule has 19 heavy (non-hydrogen) atoms. The molecule has 0 saturated carbocycles. The van der Waals surface area contributed by atoms with Crippen LogP contribution in [0.5, 0.6) is 0 Å². The van der Waals surface area contributed by atoms with E-state index in [-0.39, 0.29) is 5.54 Å². The molecule has 0 bridgehead atoms. The van der Waals surface area contributed by atoms with E-state index in [1.807, 2.05) is 0 Å². The van der Waals surface area contributed by atoms with Gasteiger partial charge in [-0.05, 0) is 68.4 Å². The van der Waals surface area contributed by atoms with Gasteiger partial charge in [-0.25, -0.2) is 0 Å². The Morgan fingerprint density at radius 3 is 2.63 bits per heavy atom. The van der Waals surface area contributed by atoms with E-state index < -0.39 is 0 Å². The van der Waals surface area contributed by atoms with Gasteiger partial charge in [-0.15, -0.1) is 0 Å². The minimum atomic E-state index is 0.133. The van der Waals surface area contributed by atoms with Crippen molar-refractivity contribution in [3.63, 3.8) is 0 Å². The summed E-state index contributed by atoms with van der Waals surface area (Å²) in [5.74, 6) is 0.660. The summed E-state index contributed by atoms with van der Waals surface area (Å²) in [6.45, 7) is 0. The summed E-state index contributed by atoms with van der Waals surface area (Å²) in [6, 6.07) is 9.54. The third-order valence-corrected chi connectivity index (χ3v) is 6.28. The lowest BCUT2D eigenvalue weighted by Gasteiger charge is -2.49. The largest absolute Gasteiger partial charge is 0.306 e. The molecular formula is C18H11N. The fourth-order valence-electron chi connectivity index (χ4n) is 5.57. The summed E-state index contributed by atoms with van der Waals surface area (Å²) >= 11 is 0. The van der Waals surface area contributed by atoms with Gasteiger partial charge >= 0.3 is 0 Å². The predicted octanol–water partition coefficient (Wildman–Crippen LogP) is 3.13. The lowest BCUT2D eigenvalue weighted by Crippen LogP contribution is -2.47. The number of benzene rings is 3. The summed E-state index contributed by atoms with van der Waals surface area (Å²) in [5.41, 5.74) is 9.71. The van der Waals surface area contributed by atoms with E-state index in [0.717, 1.165) is 6.42 Å². The lowest BCUT2D eigenvalue weighted by molar-refractivity contribution is 0.439. The second-order valence-electron chi connectivity index (χ2n) is 6.57. The topological polar surface area (TPSA) is 12.0 Å². The molecule has 4 aliphatic rings. The van der Waals surface area contributed by atoms with Crippen LogP contribution in [0.4, 0.5) is 0 Å². The van der Waals surface area contributed by atoms with Gasteiger partial charge in [0, 0.05) is 5.92 Å². The maximum atomic E-state index is 3.64. The number of hydrogen-bond acceptors (Lipinski definition) is 1. The fraction of sp³-hybridized carbons (Fsp3) is 0.222. The van der Waals surface area contributed by atoms with Gasteiger partial charge in [0.2, 0.25) is 0 Å². The highest BCUT2D eigenvalue weighted by Crippen LogP contribution is 2.69. The highest BCUT2D eigenvalue weighted by Gasteiger charge is 2.55. The van der Waals surface area contributed by atoms with Gasteiger partial charge in [-0.3, -0.25) is 0 Å². The van der Waals surface area contributed by atoms with E-state index in [1.165, 1.54) is 0 Å². The van der Waals surface area contributed by atoms with Gasteiger partial charge in [-0.2, -0.15) is 0 Å². The lowest BCUT2D eigenvalue weighted by atomic mass is 9.56. The van der Waals surface area contributed by atoms with Crippen LogP contribution in [0.1, 0.15) is 39.3 Å². The summed E-state index contributed by atoms with van der Waals surface area (Å²) < 4.78 is 0. The molecule has 0 saturated heterocycles. The van der Waals surface area contributed by atoms with Crippen LogP contribution in [0.2, 0.25) is 0 Å². The third kappa shape index (κ3) is 0.502. The van der Waals surface area contributed by atoms with Gasteiger partial charge in [0.25, 0.3) is 0 Å². The van der Waals surface area contributed by atoms with E-state index in [2.05, 4.69) is 36.6 Å². The molecule has 0 radical (unpaired) electrons. The monoisotopic (exact) mass is 241 g/mol. The molecule has 1 heteroatoms. The fourth-order valence-corrected chi connectivity index (χ4v) is 5.57. The molecule has 4 aliphatic carbocycles. The summed E-state index contributed by atoms with van der Waals surface area (Å²) in [4.78, 5) is 0. The number of likely N-dealkylation sites (N-methyl/N-ethyl adjacent to an activating group) is 1. The van der Waals surface area contributed by atoms with Crippen LogP contribution in [0, 0.1) is 0 Å². The minimum Gasteiger partial charge on any atom is -0.306 e. The minimum absolute atomic E-state index is 0.133. The molecule has 2 atom stereocenters. The van der Waals surface area contributed by atoms with Crippen molar-refractivity contribution in [1.82, 2.24) is 5.32 Å². The average Bonchev–Trinajstić information content (AvgIpc) is 2.64. The van der Waals surface area contributed by atoms with Crippen LogP contribution in [0.25, 0.3) is 21.5 Å². The molecule has 0 heterocycles. The quantitative estimate of drug-likeness (QED) is 0.445. The molecule has 3 aromatic carbocycles. The van der Waals surface area contributed by atoms with Gasteiger partial charge in [0.05, 0.1) is 5.54 Å². The Bertz CT molecular complexity index is 1030.